The Hall–Kier alpha value is -0.840. The summed E-state index contributed by atoms with van der Waals surface area (Å²) in [4.78, 5) is 0. The van der Waals surface area contributed by atoms with E-state index in [0.717, 1.165) is 18.8 Å². The van der Waals surface area contributed by atoms with Gasteiger partial charge in [-0.05, 0) is 18.8 Å². The molecule has 1 saturated carbocycles. The fraction of sp³-hybridized carbons (Fsp3) is 0.600. The van der Waals surface area contributed by atoms with Crippen LogP contribution in [-0.2, 0) is 0 Å². The van der Waals surface area contributed by atoms with E-state index >= 15 is 0 Å². The maximum atomic E-state index is 11.4. The van der Waals surface area contributed by atoms with Crippen molar-refractivity contribution in [1.29, 1.82) is 0 Å². The third kappa shape index (κ3) is 4.90. The molecule has 0 nitrogen and oxygen atoms in total. The van der Waals surface area contributed by atoms with Crippen LogP contribution in [0.1, 0.15) is 32.1 Å². The van der Waals surface area contributed by atoms with Crippen LogP contribution in [-0.4, -0.2) is 0 Å². The van der Waals surface area contributed by atoms with Gasteiger partial charge >= 0.3 is 0 Å². The molecule has 0 amide bonds. The van der Waals surface area contributed by atoms with Gasteiger partial charge in [0.25, 0.3) is 6.08 Å². The minimum atomic E-state index is -1.70. The lowest BCUT2D eigenvalue weighted by atomic mass is 10.2. The Morgan fingerprint density at radius 1 is 1.42 bits per heavy atom. The van der Waals surface area contributed by atoms with Crippen molar-refractivity contribution < 1.29 is 8.78 Å². The van der Waals surface area contributed by atoms with Crippen LogP contribution in [0.5, 0.6) is 0 Å². The summed E-state index contributed by atoms with van der Waals surface area (Å²) in [6.45, 7) is 0. The molecule has 1 fully saturated rings. The first-order valence-corrected chi connectivity index (χ1v) is 4.28. The van der Waals surface area contributed by atoms with Crippen LogP contribution in [0.4, 0.5) is 8.78 Å². The lowest BCUT2D eigenvalue weighted by Gasteiger charge is -1.89. The van der Waals surface area contributed by atoms with Crippen molar-refractivity contribution in [3.05, 3.63) is 12.2 Å². The summed E-state index contributed by atoms with van der Waals surface area (Å²) >= 11 is 0. The van der Waals surface area contributed by atoms with Crippen LogP contribution in [0.25, 0.3) is 0 Å². The fourth-order valence-electron chi connectivity index (χ4n) is 1.06. The smallest absolute Gasteiger partial charge is 0.173 e. The van der Waals surface area contributed by atoms with Crippen LogP contribution >= 0.6 is 0 Å². The topological polar surface area (TPSA) is 0 Å². The molecule has 0 aliphatic heterocycles. The number of hydrogen-bond acceptors (Lipinski definition) is 0. The van der Waals surface area contributed by atoms with E-state index in [0.29, 0.717) is 6.08 Å². The van der Waals surface area contributed by atoms with Gasteiger partial charge in [-0.3, -0.25) is 0 Å². The molecule has 0 N–H and O–H groups in total. The summed E-state index contributed by atoms with van der Waals surface area (Å²) in [6, 6.07) is 0. The molecule has 66 valence electrons. The third-order valence-electron chi connectivity index (χ3n) is 1.89. The van der Waals surface area contributed by atoms with Gasteiger partial charge in [-0.2, -0.15) is 8.78 Å². The number of halogens is 2. The summed E-state index contributed by atoms with van der Waals surface area (Å²) in [5.41, 5.74) is 0. The number of unbranched alkanes of at least 4 members (excludes halogenated alkanes) is 1. The van der Waals surface area contributed by atoms with Crippen LogP contribution in [0.2, 0.25) is 0 Å². The number of hydrogen-bond donors (Lipinski definition) is 0. The normalized spacial score (nSPS) is 14.8. The Morgan fingerprint density at radius 2 is 2.17 bits per heavy atom. The van der Waals surface area contributed by atoms with E-state index in [1.165, 1.54) is 19.3 Å². The first-order valence-electron chi connectivity index (χ1n) is 4.28. The third-order valence-corrected chi connectivity index (χ3v) is 1.89. The zero-order chi connectivity index (χ0) is 8.81. The molecular weight excluding hydrogens is 158 g/mol. The Bertz CT molecular complexity index is 212. The van der Waals surface area contributed by atoms with Crippen LogP contribution < -0.4 is 0 Å². The summed E-state index contributed by atoms with van der Waals surface area (Å²) < 4.78 is 22.9. The van der Waals surface area contributed by atoms with Gasteiger partial charge in [0.15, 0.2) is 0 Å². The molecular formula is C10H12F2. The second kappa shape index (κ2) is 4.92. The Balaban J connectivity index is 1.98. The zero-order valence-corrected chi connectivity index (χ0v) is 6.95. The molecule has 0 aromatic heterocycles. The molecule has 0 aromatic carbocycles. The quantitative estimate of drug-likeness (QED) is 0.450. The summed E-state index contributed by atoms with van der Waals surface area (Å²) in [5.74, 6) is 5.93. The predicted octanol–water partition coefficient (Wildman–Crippen LogP) is 3.35. The van der Waals surface area contributed by atoms with E-state index < -0.39 is 6.08 Å². The lowest BCUT2D eigenvalue weighted by molar-refractivity contribution is 0.422. The van der Waals surface area contributed by atoms with Gasteiger partial charge in [0.2, 0.25) is 0 Å². The summed E-state index contributed by atoms with van der Waals surface area (Å²) in [5, 5.41) is 0. The van der Waals surface area contributed by atoms with Crippen LogP contribution in [0.3, 0.4) is 0 Å². The molecule has 1 rings (SSSR count). The van der Waals surface area contributed by atoms with E-state index in [4.69, 9.17) is 0 Å². The molecule has 2 heteroatoms. The van der Waals surface area contributed by atoms with E-state index in [1.54, 1.807) is 0 Å². The Kier molecular flexibility index (Phi) is 3.79. The largest absolute Gasteiger partial charge is 0.278 e. The van der Waals surface area contributed by atoms with E-state index in [1.807, 2.05) is 0 Å². The van der Waals surface area contributed by atoms with Gasteiger partial charge < -0.3 is 0 Å². The first kappa shape index (κ1) is 9.25. The van der Waals surface area contributed by atoms with Crippen molar-refractivity contribution in [3.8, 4) is 11.8 Å². The SMILES string of the molecule is FC(F)=CC#CCCCC1CC1. The fourth-order valence-corrected chi connectivity index (χ4v) is 1.06. The van der Waals surface area contributed by atoms with Crippen molar-refractivity contribution in [2.45, 2.75) is 32.1 Å². The monoisotopic (exact) mass is 170 g/mol. The van der Waals surface area contributed by atoms with Crippen molar-refractivity contribution in [2.75, 3.05) is 0 Å². The second-order valence-corrected chi connectivity index (χ2v) is 3.09. The van der Waals surface area contributed by atoms with Crippen LogP contribution in [0.15, 0.2) is 12.2 Å². The number of allylic oxidation sites excluding steroid dienone is 1. The summed E-state index contributed by atoms with van der Waals surface area (Å²) in [6.07, 6.45) is 4.69. The minimum absolute atomic E-state index is 0.664. The van der Waals surface area contributed by atoms with Gasteiger partial charge in [0, 0.05) is 6.42 Å². The molecule has 0 aromatic rings. The maximum absolute atomic E-state index is 11.4. The molecule has 0 saturated heterocycles. The standard InChI is InChI=1S/C10H12F2/c11-10(12)6-4-2-1-3-5-9-7-8-9/h6,9H,1,3,5,7-8H2. The number of rotatable bonds is 3. The highest BCUT2D eigenvalue weighted by atomic mass is 19.3. The van der Waals surface area contributed by atoms with Crippen LogP contribution in [0, 0.1) is 17.8 Å². The molecule has 1 aliphatic rings. The van der Waals surface area contributed by atoms with Gasteiger partial charge in [-0.1, -0.05) is 24.7 Å². The zero-order valence-electron chi connectivity index (χ0n) is 6.95. The van der Waals surface area contributed by atoms with E-state index in [2.05, 4.69) is 11.8 Å². The van der Waals surface area contributed by atoms with Crippen molar-refractivity contribution >= 4 is 0 Å². The summed E-state index contributed by atoms with van der Waals surface area (Å²) in [7, 11) is 0. The highest BCUT2D eigenvalue weighted by molar-refractivity contribution is 5.15. The molecule has 12 heavy (non-hydrogen) atoms. The molecule has 0 heterocycles. The molecule has 0 radical (unpaired) electrons. The Morgan fingerprint density at radius 3 is 2.75 bits per heavy atom. The van der Waals surface area contributed by atoms with Gasteiger partial charge in [0.05, 0.1) is 6.08 Å². The van der Waals surface area contributed by atoms with Crippen molar-refractivity contribution in [1.82, 2.24) is 0 Å². The lowest BCUT2D eigenvalue weighted by Crippen LogP contribution is -1.75. The average Bonchev–Trinajstić information content (AvgIpc) is 2.79. The first-order chi connectivity index (χ1) is 5.79. The highest BCUT2D eigenvalue weighted by Crippen LogP contribution is 2.33. The highest BCUT2D eigenvalue weighted by Gasteiger charge is 2.19. The van der Waals surface area contributed by atoms with Crippen molar-refractivity contribution in [3.63, 3.8) is 0 Å². The maximum Gasteiger partial charge on any atom is 0.278 e. The molecule has 1 aliphatic carbocycles. The van der Waals surface area contributed by atoms with Crippen molar-refractivity contribution in [2.24, 2.45) is 5.92 Å². The average molecular weight is 170 g/mol. The predicted molar refractivity (Wildman–Crippen MR) is 44.7 cm³/mol. The van der Waals surface area contributed by atoms with E-state index in [9.17, 15) is 8.78 Å². The molecule has 0 atom stereocenters. The molecule has 0 bridgehead atoms. The molecule has 0 unspecified atom stereocenters. The van der Waals surface area contributed by atoms with E-state index in [-0.39, 0.29) is 0 Å². The Labute approximate surface area is 71.7 Å². The van der Waals surface area contributed by atoms with Gasteiger partial charge in [-0.15, -0.1) is 0 Å². The van der Waals surface area contributed by atoms with Gasteiger partial charge in [0.1, 0.15) is 0 Å². The van der Waals surface area contributed by atoms with Gasteiger partial charge in [-0.25, -0.2) is 0 Å². The molecule has 0 spiro atoms. The minimum Gasteiger partial charge on any atom is -0.173 e. The second-order valence-electron chi connectivity index (χ2n) is 3.09.